The summed E-state index contributed by atoms with van der Waals surface area (Å²) >= 11 is 0. The van der Waals surface area contributed by atoms with Crippen LogP contribution in [0, 0.1) is 0 Å². The molecule has 0 N–H and O–H groups in total. The minimum atomic E-state index is -2.12. The third kappa shape index (κ3) is 5.66. The summed E-state index contributed by atoms with van der Waals surface area (Å²) in [5.41, 5.74) is 1.97. The van der Waals surface area contributed by atoms with Gasteiger partial charge in [-0.25, -0.2) is 0 Å². The summed E-state index contributed by atoms with van der Waals surface area (Å²) in [5.74, 6) is -0.798. The van der Waals surface area contributed by atoms with Gasteiger partial charge in [-0.2, -0.15) is 0 Å². The standard InChI is InChI=1S/C24H32O3Si/c1-24(2,3)28(5,6)27-21(18-17-19-13-9-7-10-14-19)22(23(25)26-4)20-15-11-8-12-16-20/h7-18,21-22H,1-6H3/b18-17+/t21-,22+/m1/s1. The number of ether oxygens (including phenoxy) is 1. The van der Waals surface area contributed by atoms with Crippen LogP contribution in [0.2, 0.25) is 18.1 Å². The molecule has 2 rings (SSSR count). The fourth-order valence-corrected chi connectivity index (χ4v) is 4.00. The Kier molecular flexibility index (Phi) is 7.39. The van der Waals surface area contributed by atoms with Gasteiger partial charge >= 0.3 is 5.97 Å². The SMILES string of the molecule is COC(=O)[C@@H](c1ccccc1)[C@@H](/C=C/c1ccccc1)O[Si](C)(C)C(C)(C)C. The molecule has 0 aliphatic carbocycles. The second-order valence-electron chi connectivity index (χ2n) is 8.52. The van der Waals surface area contributed by atoms with Crippen molar-refractivity contribution in [2.24, 2.45) is 0 Å². The van der Waals surface area contributed by atoms with Gasteiger partial charge in [-0.1, -0.05) is 93.6 Å². The molecule has 0 aliphatic rings. The van der Waals surface area contributed by atoms with Crippen molar-refractivity contribution >= 4 is 20.4 Å². The second-order valence-corrected chi connectivity index (χ2v) is 13.3. The maximum absolute atomic E-state index is 12.8. The van der Waals surface area contributed by atoms with Gasteiger partial charge in [0.05, 0.1) is 13.2 Å². The first-order chi connectivity index (χ1) is 13.2. The first-order valence-electron chi connectivity index (χ1n) is 9.69. The molecule has 0 amide bonds. The Morgan fingerprint density at radius 2 is 1.50 bits per heavy atom. The molecule has 3 nitrogen and oxygen atoms in total. The summed E-state index contributed by atoms with van der Waals surface area (Å²) < 4.78 is 11.9. The van der Waals surface area contributed by atoms with Crippen LogP contribution < -0.4 is 0 Å². The highest BCUT2D eigenvalue weighted by atomic mass is 28.4. The van der Waals surface area contributed by atoms with Crippen molar-refractivity contribution in [2.45, 2.75) is 50.9 Å². The summed E-state index contributed by atoms with van der Waals surface area (Å²) in [7, 11) is -0.686. The molecule has 0 fully saturated rings. The quantitative estimate of drug-likeness (QED) is 0.422. The third-order valence-electron chi connectivity index (χ3n) is 5.46. The van der Waals surface area contributed by atoms with Gasteiger partial charge in [0, 0.05) is 0 Å². The molecule has 2 aromatic carbocycles. The van der Waals surface area contributed by atoms with E-state index in [2.05, 4.69) is 33.9 Å². The molecule has 0 saturated heterocycles. The lowest BCUT2D eigenvalue weighted by atomic mass is 9.93. The number of benzene rings is 2. The second kappa shape index (κ2) is 9.35. The number of carbonyl (C=O) groups excluding carboxylic acids is 1. The van der Waals surface area contributed by atoms with Gasteiger partial charge in [0.1, 0.15) is 5.92 Å². The summed E-state index contributed by atoms with van der Waals surface area (Å²) in [6.07, 6.45) is 3.62. The van der Waals surface area contributed by atoms with Crippen LogP contribution in [0.25, 0.3) is 6.08 Å². The first-order valence-corrected chi connectivity index (χ1v) is 12.6. The molecule has 0 unspecified atom stereocenters. The molecule has 2 aromatic rings. The monoisotopic (exact) mass is 396 g/mol. The van der Waals surface area contributed by atoms with Crippen molar-refractivity contribution in [3.05, 3.63) is 77.9 Å². The van der Waals surface area contributed by atoms with Crippen LogP contribution in [-0.4, -0.2) is 27.5 Å². The van der Waals surface area contributed by atoms with Crippen molar-refractivity contribution in [1.82, 2.24) is 0 Å². The van der Waals surface area contributed by atoms with E-state index in [-0.39, 0.29) is 11.0 Å². The molecule has 150 valence electrons. The minimum absolute atomic E-state index is 0.0309. The van der Waals surface area contributed by atoms with Gasteiger partial charge in [-0.15, -0.1) is 0 Å². The average molecular weight is 397 g/mol. The van der Waals surface area contributed by atoms with E-state index >= 15 is 0 Å². The van der Waals surface area contributed by atoms with E-state index in [1.807, 2.05) is 72.8 Å². The number of methoxy groups -OCH3 is 1. The van der Waals surface area contributed by atoms with Crippen LogP contribution in [0.1, 0.15) is 37.8 Å². The maximum Gasteiger partial charge on any atom is 0.316 e. The summed E-state index contributed by atoms with van der Waals surface area (Å²) in [5, 5.41) is 0.0309. The fraction of sp³-hybridized carbons (Fsp3) is 0.375. The average Bonchev–Trinajstić information content (AvgIpc) is 2.66. The van der Waals surface area contributed by atoms with Crippen LogP contribution in [-0.2, 0) is 14.0 Å². The van der Waals surface area contributed by atoms with Gasteiger partial charge in [0.2, 0.25) is 0 Å². The molecule has 4 heteroatoms. The van der Waals surface area contributed by atoms with E-state index < -0.39 is 20.3 Å². The molecular formula is C24H32O3Si. The maximum atomic E-state index is 12.8. The van der Waals surface area contributed by atoms with Crippen molar-refractivity contribution in [2.75, 3.05) is 7.11 Å². The van der Waals surface area contributed by atoms with Crippen molar-refractivity contribution < 1.29 is 14.0 Å². The Balaban J connectivity index is 2.47. The Morgan fingerprint density at radius 3 is 2.00 bits per heavy atom. The predicted octanol–water partition coefficient (Wildman–Crippen LogP) is 6.05. The van der Waals surface area contributed by atoms with Crippen molar-refractivity contribution in [1.29, 1.82) is 0 Å². The molecule has 0 aliphatic heterocycles. The zero-order valence-corrected chi connectivity index (χ0v) is 18.8. The molecule has 0 radical (unpaired) electrons. The number of esters is 1. The number of rotatable bonds is 7. The Morgan fingerprint density at radius 1 is 0.964 bits per heavy atom. The topological polar surface area (TPSA) is 35.5 Å². The highest BCUT2D eigenvalue weighted by Gasteiger charge is 2.42. The van der Waals surface area contributed by atoms with Gasteiger partial charge < -0.3 is 9.16 Å². The van der Waals surface area contributed by atoms with Crippen molar-refractivity contribution in [3.63, 3.8) is 0 Å². The molecule has 0 spiro atoms. The smallest absolute Gasteiger partial charge is 0.316 e. The lowest BCUT2D eigenvalue weighted by Crippen LogP contribution is -2.46. The Hall–Kier alpha value is -2.17. The number of hydrogen-bond donors (Lipinski definition) is 0. The highest BCUT2D eigenvalue weighted by molar-refractivity contribution is 6.74. The van der Waals surface area contributed by atoms with Crippen LogP contribution in [0.5, 0.6) is 0 Å². The Labute approximate surface area is 170 Å². The van der Waals surface area contributed by atoms with E-state index in [0.29, 0.717) is 0 Å². The Bertz CT molecular complexity index is 777. The molecule has 28 heavy (non-hydrogen) atoms. The lowest BCUT2D eigenvalue weighted by molar-refractivity contribution is -0.144. The van der Waals surface area contributed by atoms with Gasteiger partial charge in [-0.05, 0) is 29.3 Å². The van der Waals surface area contributed by atoms with Gasteiger partial charge in [0.15, 0.2) is 8.32 Å². The number of hydrogen-bond acceptors (Lipinski definition) is 3. The zero-order chi connectivity index (χ0) is 20.8. The molecular weight excluding hydrogens is 364 g/mol. The molecule has 0 aromatic heterocycles. The summed E-state index contributed by atoms with van der Waals surface area (Å²) in [6.45, 7) is 11.0. The lowest BCUT2D eigenvalue weighted by Gasteiger charge is -2.40. The zero-order valence-electron chi connectivity index (χ0n) is 17.8. The third-order valence-corrected chi connectivity index (χ3v) is 9.93. The normalized spacial score (nSPS) is 14.6. The highest BCUT2D eigenvalue weighted by Crippen LogP contribution is 2.39. The summed E-state index contributed by atoms with van der Waals surface area (Å²) in [6, 6.07) is 19.8. The van der Waals surface area contributed by atoms with Crippen molar-refractivity contribution in [3.8, 4) is 0 Å². The molecule has 0 bridgehead atoms. The predicted molar refractivity (Wildman–Crippen MR) is 119 cm³/mol. The van der Waals surface area contributed by atoms with E-state index in [0.717, 1.165) is 11.1 Å². The summed E-state index contributed by atoms with van der Waals surface area (Å²) in [4.78, 5) is 12.8. The molecule has 0 saturated carbocycles. The minimum Gasteiger partial charge on any atom is -0.468 e. The van der Waals surface area contributed by atoms with Crippen LogP contribution in [0.15, 0.2) is 66.7 Å². The number of carbonyl (C=O) groups is 1. The van der Waals surface area contributed by atoms with Crippen LogP contribution >= 0.6 is 0 Å². The van der Waals surface area contributed by atoms with E-state index in [1.165, 1.54) is 7.11 Å². The van der Waals surface area contributed by atoms with Crippen LogP contribution in [0.3, 0.4) is 0 Å². The van der Waals surface area contributed by atoms with E-state index in [1.54, 1.807) is 0 Å². The van der Waals surface area contributed by atoms with E-state index in [9.17, 15) is 4.79 Å². The fourth-order valence-electron chi connectivity index (χ4n) is 2.75. The first kappa shape index (κ1) is 22.1. The van der Waals surface area contributed by atoms with Gasteiger partial charge in [-0.3, -0.25) is 4.79 Å². The van der Waals surface area contributed by atoms with Crippen LogP contribution in [0.4, 0.5) is 0 Å². The molecule has 0 heterocycles. The largest absolute Gasteiger partial charge is 0.468 e. The van der Waals surface area contributed by atoms with E-state index in [4.69, 9.17) is 9.16 Å². The van der Waals surface area contributed by atoms with Gasteiger partial charge in [0.25, 0.3) is 0 Å². The molecule has 2 atom stereocenters.